The monoisotopic (exact) mass is 355 g/mol. The van der Waals surface area contributed by atoms with Crippen molar-refractivity contribution in [3.8, 4) is 0 Å². The highest BCUT2D eigenvalue weighted by Crippen LogP contribution is 2.18. The minimum absolute atomic E-state index is 0.0177. The van der Waals surface area contributed by atoms with Crippen molar-refractivity contribution in [2.24, 2.45) is 5.92 Å². The molecule has 1 rings (SSSR count). The zero-order chi connectivity index (χ0) is 18.8. The van der Waals surface area contributed by atoms with Gasteiger partial charge in [0.05, 0.1) is 6.61 Å². The Kier molecular flexibility index (Phi) is 9.31. The van der Waals surface area contributed by atoms with Crippen LogP contribution >= 0.6 is 0 Å². The van der Waals surface area contributed by atoms with Crippen LogP contribution in [0.4, 0.5) is 4.79 Å². The van der Waals surface area contributed by atoms with E-state index in [0.29, 0.717) is 58.0 Å². The van der Waals surface area contributed by atoms with E-state index in [0.717, 1.165) is 6.42 Å². The fourth-order valence-electron chi connectivity index (χ4n) is 2.98. The molecular weight excluding hydrogens is 322 g/mol. The summed E-state index contributed by atoms with van der Waals surface area (Å²) >= 11 is 0. The van der Waals surface area contributed by atoms with Crippen LogP contribution < -0.4 is 5.32 Å². The number of ether oxygens (including phenoxy) is 1. The van der Waals surface area contributed by atoms with E-state index in [-0.39, 0.29) is 23.9 Å². The first-order chi connectivity index (χ1) is 11.8. The van der Waals surface area contributed by atoms with Crippen molar-refractivity contribution in [2.45, 2.75) is 59.4 Å². The van der Waals surface area contributed by atoms with E-state index in [9.17, 15) is 14.4 Å². The number of piperidine rings is 1. The van der Waals surface area contributed by atoms with Gasteiger partial charge in [0.2, 0.25) is 11.8 Å². The lowest BCUT2D eigenvalue weighted by Crippen LogP contribution is -2.49. The number of hydrogen-bond donors (Lipinski definition) is 1. The van der Waals surface area contributed by atoms with Crippen LogP contribution in [0.25, 0.3) is 0 Å². The lowest BCUT2D eigenvalue weighted by Gasteiger charge is -2.37. The molecule has 0 aliphatic carbocycles. The maximum Gasteiger partial charge on any atom is 0.409 e. The van der Waals surface area contributed by atoms with Gasteiger partial charge in [-0.2, -0.15) is 0 Å². The average Bonchev–Trinajstić information content (AvgIpc) is 2.55. The van der Waals surface area contributed by atoms with Gasteiger partial charge in [-0.1, -0.05) is 13.8 Å². The molecule has 1 N–H and O–H groups in total. The number of amides is 3. The van der Waals surface area contributed by atoms with Crippen LogP contribution in [0.1, 0.15) is 53.4 Å². The minimum Gasteiger partial charge on any atom is -0.450 e. The van der Waals surface area contributed by atoms with Gasteiger partial charge < -0.3 is 19.9 Å². The van der Waals surface area contributed by atoms with Crippen molar-refractivity contribution in [3.05, 3.63) is 0 Å². The second-order valence-electron chi connectivity index (χ2n) is 6.91. The molecule has 0 aromatic carbocycles. The molecule has 0 radical (unpaired) electrons. The van der Waals surface area contributed by atoms with Gasteiger partial charge in [-0.15, -0.1) is 0 Å². The molecular formula is C18H33N3O4. The Hall–Kier alpha value is -1.79. The number of carbonyl (C=O) groups excluding carboxylic acids is 3. The first-order valence-corrected chi connectivity index (χ1v) is 9.30. The topological polar surface area (TPSA) is 79.0 Å². The summed E-state index contributed by atoms with van der Waals surface area (Å²) in [6, 6.07) is 0.0756. The molecule has 1 heterocycles. The van der Waals surface area contributed by atoms with Crippen LogP contribution in [-0.4, -0.2) is 66.5 Å². The van der Waals surface area contributed by atoms with Crippen molar-refractivity contribution in [1.29, 1.82) is 0 Å². The number of likely N-dealkylation sites (tertiary alicyclic amines) is 1. The molecule has 1 fully saturated rings. The van der Waals surface area contributed by atoms with Gasteiger partial charge in [-0.25, -0.2) is 4.79 Å². The molecule has 25 heavy (non-hydrogen) atoms. The van der Waals surface area contributed by atoms with E-state index >= 15 is 0 Å². The first kappa shape index (κ1) is 21.3. The van der Waals surface area contributed by atoms with E-state index in [1.807, 2.05) is 0 Å². The summed E-state index contributed by atoms with van der Waals surface area (Å²) in [7, 11) is 0. The van der Waals surface area contributed by atoms with Crippen LogP contribution in [-0.2, 0) is 14.3 Å². The molecule has 0 aromatic rings. The maximum atomic E-state index is 12.0. The number of nitrogens with one attached hydrogen (secondary N) is 1. The summed E-state index contributed by atoms with van der Waals surface area (Å²) in [5.41, 5.74) is 0. The Morgan fingerprint density at radius 2 is 1.88 bits per heavy atom. The largest absolute Gasteiger partial charge is 0.450 e. The van der Waals surface area contributed by atoms with Crippen molar-refractivity contribution < 1.29 is 19.1 Å². The molecule has 0 bridgehead atoms. The molecule has 0 atom stereocenters. The third kappa shape index (κ3) is 7.75. The van der Waals surface area contributed by atoms with Crippen molar-refractivity contribution in [2.75, 3.05) is 32.8 Å². The van der Waals surface area contributed by atoms with E-state index in [1.54, 1.807) is 16.7 Å². The van der Waals surface area contributed by atoms with E-state index in [1.165, 1.54) is 6.92 Å². The smallest absolute Gasteiger partial charge is 0.409 e. The zero-order valence-electron chi connectivity index (χ0n) is 16.0. The standard InChI is InChI=1S/C18H33N3O4/c1-5-25-18(24)20-11-7-16(8-12-20)21(15(4)22)13-9-17(23)19-10-6-14(2)3/h14,16H,5-13H2,1-4H3,(H,19,23). The van der Waals surface area contributed by atoms with E-state index in [4.69, 9.17) is 4.74 Å². The number of hydrogen-bond acceptors (Lipinski definition) is 4. The van der Waals surface area contributed by atoms with Crippen LogP contribution in [0.2, 0.25) is 0 Å². The highest BCUT2D eigenvalue weighted by Gasteiger charge is 2.28. The maximum absolute atomic E-state index is 12.0. The van der Waals surface area contributed by atoms with Gasteiger partial charge >= 0.3 is 6.09 Å². The molecule has 0 unspecified atom stereocenters. The van der Waals surface area contributed by atoms with Crippen LogP contribution in [0.15, 0.2) is 0 Å². The van der Waals surface area contributed by atoms with Gasteiger partial charge in [0.15, 0.2) is 0 Å². The molecule has 7 nitrogen and oxygen atoms in total. The van der Waals surface area contributed by atoms with E-state index < -0.39 is 0 Å². The van der Waals surface area contributed by atoms with Crippen LogP contribution in [0.5, 0.6) is 0 Å². The minimum atomic E-state index is -0.292. The quantitative estimate of drug-likeness (QED) is 0.722. The molecule has 7 heteroatoms. The molecule has 1 aliphatic heterocycles. The van der Waals surface area contributed by atoms with Gasteiger partial charge in [0.25, 0.3) is 0 Å². The second-order valence-corrected chi connectivity index (χ2v) is 6.91. The number of carbonyl (C=O) groups is 3. The normalized spacial score (nSPS) is 15.2. The van der Waals surface area contributed by atoms with Crippen LogP contribution in [0, 0.1) is 5.92 Å². The summed E-state index contributed by atoms with van der Waals surface area (Å²) in [5.74, 6) is 0.513. The third-order valence-electron chi connectivity index (χ3n) is 4.46. The summed E-state index contributed by atoms with van der Waals surface area (Å²) in [6.07, 6.45) is 2.41. The predicted molar refractivity (Wildman–Crippen MR) is 96.1 cm³/mol. The Bertz CT molecular complexity index is 446. The Morgan fingerprint density at radius 3 is 2.40 bits per heavy atom. The van der Waals surface area contributed by atoms with Crippen molar-refractivity contribution >= 4 is 17.9 Å². The lowest BCUT2D eigenvalue weighted by atomic mass is 10.0. The highest BCUT2D eigenvalue weighted by atomic mass is 16.6. The zero-order valence-corrected chi connectivity index (χ0v) is 16.0. The highest BCUT2D eigenvalue weighted by molar-refractivity contribution is 5.78. The van der Waals surface area contributed by atoms with Crippen molar-refractivity contribution in [3.63, 3.8) is 0 Å². The third-order valence-corrected chi connectivity index (χ3v) is 4.46. The molecule has 1 aliphatic rings. The SMILES string of the molecule is CCOC(=O)N1CCC(N(CCC(=O)NCCC(C)C)C(C)=O)CC1. The number of rotatable bonds is 8. The molecule has 3 amide bonds. The molecule has 0 aromatic heterocycles. The van der Waals surface area contributed by atoms with Gasteiger partial charge in [0, 0.05) is 45.6 Å². The molecule has 0 spiro atoms. The van der Waals surface area contributed by atoms with Crippen LogP contribution in [0.3, 0.4) is 0 Å². The summed E-state index contributed by atoms with van der Waals surface area (Å²) in [4.78, 5) is 39.1. The molecule has 0 saturated carbocycles. The summed E-state index contributed by atoms with van der Waals surface area (Å²) in [5, 5.41) is 2.90. The average molecular weight is 355 g/mol. The molecule has 1 saturated heterocycles. The fourth-order valence-corrected chi connectivity index (χ4v) is 2.98. The Morgan fingerprint density at radius 1 is 1.24 bits per heavy atom. The Labute approximate surface area is 151 Å². The Balaban J connectivity index is 2.41. The fraction of sp³-hybridized carbons (Fsp3) is 0.833. The predicted octanol–water partition coefficient (Wildman–Crippen LogP) is 2.01. The molecule has 144 valence electrons. The lowest BCUT2D eigenvalue weighted by molar-refractivity contribution is -0.132. The van der Waals surface area contributed by atoms with Gasteiger partial charge in [-0.05, 0) is 32.1 Å². The van der Waals surface area contributed by atoms with Crippen molar-refractivity contribution in [1.82, 2.24) is 15.1 Å². The van der Waals surface area contributed by atoms with E-state index in [2.05, 4.69) is 19.2 Å². The summed E-state index contributed by atoms with van der Waals surface area (Å²) < 4.78 is 5.01. The summed E-state index contributed by atoms with van der Waals surface area (Å²) in [6.45, 7) is 10.2. The van der Waals surface area contributed by atoms with Gasteiger partial charge in [-0.3, -0.25) is 9.59 Å². The van der Waals surface area contributed by atoms with Gasteiger partial charge in [0.1, 0.15) is 0 Å². The second kappa shape index (κ2) is 10.9. The first-order valence-electron chi connectivity index (χ1n) is 9.30. The number of nitrogens with zero attached hydrogens (tertiary/aromatic N) is 2.